The predicted octanol–water partition coefficient (Wildman–Crippen LogP) is 2.74. The van der Waals surface area contributed by atoms with Gasteiger partial charge in [-0.25, -0.2) is 0 Å². The molecule has 0 aliphatic heterocycles. The Labute approximate surface area is 132 Å². The number of hydrogen-bond donors (Lipinski definition) is 2. The fraction of sp³-hybridized carbons (Fsp3) is 0.667. The SMILES string of the molecule is CC1(C)[C@H]2CC=C(COC[C@@H](O)CNCc3ccco3)[C@@H]1C2. The van der Waals surface area contributed by atoms with Crippen LogP contribution in [0.2, 0.25) is 0 Å². The van der Waals surface area contributed by atoms with Crippen LogP contribution in [-0.2, 0) is 11.3 Å². The van der Waals surface area contributed by atoms with E-state index in [9.17, 15) is 5.11 Å². The van der Waals surface area contributed by atoms with Gasteiger partial charge in [-0.15, -0.1) is 0 Å². The van der Waals surface area contributed by atoms with Gasteiger partial charge in [-0.05, 0) is 47.8 Å². The lowest BCUT2D eigenvalue weighted by Gasteiger charge is -2.56. The summed E-state index contributed by atoms with van der Waals surface area (Å²) in [7, 11) is 0. The molecular formula is C18H27NO3. The Kier molecular flexibility index (Phi) is 4.71. The van der Waals surface area contributed by atoms with Crippen LogP contribution in [0, 0.1) is 17.3 Å². The topological polar surface area (TPSA) is 54.6 Å². The van der Waals surface area contributed by atoms with E-state index < -0.39 is 6.10 Å². The van der Waals surface area contributed by atoms with Crippen molar-refractivity contribution in [2.75, 3.05) is 19.8 Å². The molecule has 2 bridgehead atoms. The van der Waals surface area contributed by atoms with Gasteiger partial charge in [-0.3, -0.25) is 0 Å². The second-order valence-electron chi connectivity index (χ2n) is 7.20. The Morgan fingerprint density at radius 2 is 2.36 bits per heavy atom. The molecule has 1 heterocycles. The van der Waals surface area contributed by atoms with E-state index in [4.69, 9.17) is 9.15 Å². The van der Waals surface area contributed by atoms with Crippen LogP contribution in [0.3, 0.4) is 0 Å². The van der Waals surface area contributed by atoms with Crippen LogP contribution in [0.15, 0.2) is 34.5 Å². The highest BCUT2D eigenvalue weighted by Gasteiger charge is 2.50. The van der Waals surface area contributed by atoms with Crippen molar-refractivity contribution in [3.63, 3.8) is 0 Å². The highest BCUT2D eigenvalue weighted by molar-refractivity contribution is 5.23. The van der Waals surface area contributed by atoms with Crippen LogP contribution >= 0.6 is 0 Å². The number of aliphatic hydroxyl groups excluding tert-OH is 1. The van der Waals surface area contributed by atoms with E-state index in [1.807, 2.05) is 12.1 Å². The van der Waals surface area contributed by atoms with Crippen LogP contribution in [0.1, 0.15) is 32.4 Å². The third kappa shape index (κ3) is 3.29. The molecule has 0 unspecified atom stereocenters. The zero-order chi connectivity index (χ0) is 15.6. The lowest BCUT2D eigenvalue weighted by Crippen LogP contribution is -2.48. The summed E-state index contributed by atoms with van der Waals surface area (Å²) in [6.45, 7) is 6.91. The molecule has 4 nitrogen and oxygen atoms in total. The zero-order valence-corrected chi connectivity index (χ0v) is 13.5. The van der Waals surface area contributed by atoms with Gasteiger partial charge < -0.3 is 19.6 Å². The first-order chi connectivity index (χ1) is 10.6. The molecule has 1 aromatic heterocycles. The first kappa shape index (κ1) is 15.8. The number of allylic oxidation sites excluding steroid dienone is 1. The molecule has 122 valence electrons. The van der Waals surface area contributed by atoms with Gasteiger partial charge >= 0.3 is 0 Å². The second kappa shape index (κ2) is 6.57. The summed E-state index contributed by atoms with van der Waals surface area (Å²) >= 11 is 0. The summed E-state index contributed by atoms with van der Waals surface area (Å²) in [5.74, 6) is 2.42. The first-order valence-electron chi connectivity index (χ1n) is 8.25. The van der Waals surface area contributed by atoms with Gasteiger partial charge in [0.25, 0.3) is 0 Å². The highest BCUT2D eigenvalue weighted by Crippen LogP contribution is 2.59. The lowest BCUT2D eigenvalue weighted by atomic mass is 9.49. The number of hydrogen-bond acceptors (Lipinski definition) is 4. The van der Waals surface area contributed by atoms with Gasteiger partial charge in [-0.1, -0.05) is 19.9 Å². The predicted molar refractivity (Wildman–Crippen MR) is 85.3 cm³/mol. The van der Waals surface area contributed by atoms with E-state index in [1.54, 1.807) is 6.26 Å². The van der Waals surface area contributed by atoms with Crippen LogP contribution < -0.4 is 5.32 Å². The van der Waals surface area contributed by atoms with Gasteiger partial charge in [-0.2, -0.15) is 0 Å². The molecule has 3 atom stereocenters. The third-order valence-corrected chi connectivity index (χ3v) is 5.42. The summed E-state index contributed by atoms with van der Waals surface area (Å²) in [5.41, 5.74) is 1.87. The largest absolute Gasteiger partial charge is 0.468 e. The molecule has 1 aromatic rings. The fourth-order valence-corrected chi connectivity index (χ4v) is 3.79. The average Bonchev–Trinajstić information content (AvgIpc) is 3.00. The Balaban J connectivity index is 1.32. The summed E-state index contributed by atoms with van der Waals surface area (Å²) in [4.78, 5) is 0. The molecule has 0 aromatic carbocycles. The van der Waals surface area contributed by atoms with Gasteiger partial charge in [0.2, 0.25) is 0 Å². The first-order valence-corrected chi connectivity index (χ1v) is 8.25. The van der Waals surface area contributed by atoms with Crippen molar-refractivity contribution in [2.45, 2.75) is 39.3 Å². The maximum absolute atomic E-state index is 9.95. The molecule has 2 N–H and O–H groups in total. The number of furan rings is 1. The lowest BCUT2D eigenvalue weighted by molar-refractivity contribution is -0.0235. The maximum atomic E-state index is 9.95. The third-order valence-electron chi connectivity index (χ3n) is 5.42. The monoisotopic (exact) mass is 305 g/mol. The number of nitrogens with one attached hydrogen (secondary N) is 1. The van der Waals surface area contributed by atoms with Crippen molar-refractivity contribution >= 4 is 0 Å². The number of fused-ring (bicyclic) bond motifs is 1. The van der Waals surface area contributed by atoms with Crippen molar-refractivity contribution in [3.8, 4) is 0 Å². The van der Waals surface area contributed by atoms with E-state index in [0.717, 1.165) is 11.7 Å². The molecule has 0 amide bonds. The molecule has 0 saturated heterocycles. The standard InChI is InChI=1S/C18H27NO3/c1-18(2)14-6-5-13(17(18)8-14)11-21-12-15(20)9-19-10-16-4-3-7-22-16/h3-5,7,14-15,17,19-20H,6,8-12H2,1-2H3/t14-,15-,17-/m0/s1. The molecule has 4 rings (SSSR count). The number of rotatable bonds is 8. The van der Waals surface area contributed by atoms with E-state index >= 15 is 0 Å². The molecule has 4 heteroatoms. The zero-order valence-electron chi connectivity index (χ0n) is 13.5. The molecule has 3 aliphatic rings. The quantitative estimate of drug-likeness (QED) is 0.725. The Bertz CT molecular complexity index is 506. The van der Waals surface area contributed by atoms with E-state index in [2.05, 4.69) is 25.2 Å². The highest BCUT2D eigenvalue weighted by atomic mass is 16.5. The number of ether oxygens (including phenoxy) is 1. The van der Waals surface area contributed by atoms with E-state index in [0.29, 0.717) is 37.6 Å². The van der Waals surface area contributed by atoms with E-state index in [1.165, 1.54) is 18.4 Å². The molecule has 0 radical (unpaired) electrons. The fourth-order valence-electron chi connectivity index (χ4n) is 3.79. The van der Waals surface area contributed by atoms with Gasteiger partial charge in [0, 0.05) is 6.54 Å². The maximum Gasteiger partial charge on any atom is 0.117 e. The summed E-state index contributed by atoms with van der Waals surface area (Å²) in [6.07, 6.45) is 6.03. The molecule has 0 spiro atoms. The summed E-state index contributed by atoms with van der Waals surface area (Å²) in [6, 6.07) is 3.78. The van der Waals surface area contributed by atoms with Crippen molar-refractivity contribution < 1.29 is 14.3 Å². The Morgan fingerprint density at radius 3 is 3.05 bits per heavy atom. The minimum atomic E-state index is -0.485. The minimum Gasteiger partial charge on any atom is -0.468 e. The van der Waals surface area contributed by atoms with Crippen molar-refractivity contribution in [2.24, 2.45) is 17.3 Å². The minimum absolute atomic E-state index is 0.374. The van der Waals surface area contributed by atoms with E-state index in [-0.39, 0.29) is 0 Å². The molecule has 22 heavy (non-hydrogen) atoms. The van der Waals surface area contributed by atoms with Crippen LogP contribution in [0.4, 0.5) is 0 Å². The molecule has 1 saturated carbocycles. The smallest absolute Gasteiger partial charge is 0.117 e. The number of aliphatic hydroxyl groups is 1. The Morgan fingerprint density at radius 1 is 1.50 bits per heavy atom. The molecule has 1 fully saturated rings. The average molecular weight is 305 g/mol. The van der Waals surface area contributed by atoms with Gasteiger partial charge in [0.15, 0.2) is 0 Å². The normalized spacial score (nSPS) is 27.1. The van der Waals surface area contributed by atoms with Crippen molar-refractivity contribution in [3.05, 3.63) is 35.8 Å². The summed E-state index contributed by atoms with van der Waals surface area (Å²) in [5, 5.41) is 13.1. The molecule has 3 aliphatic carbocycles. The van der Waals surface area contributed by atoms with Crippen LogP contribution in [0.25, 0.3) is 0 Å². The van der Waals surface area contributed by atoms with Gasteiger partial charge in [0.1, 0.15) is 5.76 Å². The van der Waals surface area contributed by atoms with Gasteiger partial charge in [0.05, 0.1) is 32.1 Å². The Hall–Kier alpha value is -1.10. The second-order valence-corrected chi connectivity index (χ2v) is 7.20. The summed E-state index contributed by atoms with van der Waals surface area (Å²) < 4.78 is 11.0. The van der Waals surface area contributed by atoms with Crippen LogP contribution in [-0.4, -0.2) is 31.0 Å². The molecular weight excluding hydrogens is 278 g/mol. The van der Waals surface area contributed by atoms with Crippen LogP contribution in [0.5, 0.6) is 0 Å². The van der Waals surface area contributed by atoms with Crippen molar-refractivity contribution in [1.82, 2.24) is 5.32 Å². The van der Waals surface area contributed by atoms with Crippen molar-refractivity contribution in [1.29, 1.82) is 0 Å².